The number of nitrogens with two attached hydrogens (primary N) is 1. The van der Waals surface area contributed by atoms with Gasteiger partial charge in [0.25, 0.3) is 0 Å². The Morgan fingerprint density at radius 3 is 3.23 bits per heavy atom. The van der Waals surface area contributed by atoms with Gasteiger partial charge in [0, 0.05) is 6.61 Å². The molecule has 1 atom stereocenters. The summed E-state index contributed by atoms with van der Waals surface area (Å²) >= 11 is 1.39. The molecule has 2 heterocycles. The van der Waals surface area contributed by atoms with Crippen molar-refractivity contribution in [2.45, 2.75) is 12.5 Å². The van der Waals surface area contributed by atoms with E-state index in [1.807, 2.05) is 0 Å². The molecule has 2 aromatic rings. The summed E-state index contributed by atoms with van der Waals surface area (Å²) in [6.45, 7) is 0.0707. The van der Waals surface area contributed by atoms with E-state index in [0.29, 0.717) is 6.42 Å². The van der Waals surface area contributed by atoms with Crippen LogP contribution in [0.4, 0.5) is 0 Å². The first kappa shape index (κ1) is 8.54. The van der Waals surface area contributed by atoms with Crippen LogP contribution in [0.2, 0.25) is 0 Å². The van der Waals surface area contributed by atoms with Crippen LogP contribution in [-0.2, 0) is 0 Å². The minimum Gasteiger partial charge on any atom is -0.396 e. The maximum atomic E-state index is 8.69. The molecule has 0 radical (unpaired) electrons. The molecule has 3 N–H and O–H groups in total. The van der Waals surface area contributed by atoms with E-state index in [4.69, 9.17) is 10.8 Å². The van der Waals surface area contributed by atoms with E-state index in [-0.39, 0.29) is 12.6 Å². The quantitative estimate of drug-likeness (QED) is 0.700. The van der Waals surface area contributed by atoms with Gasteiger partial charge in [-0.1, -0.05) is 11.3 Å². The second-order valence-electron chi connectivity index (χ2n) is 2.62. The molecule has 1 unspecified atom stereocenters. The van der Waals surface area contributed by atoms with Crippen LogP contribution >= 0.6 is 11.3 Å². The third-order valence-corrected chi connectivity index (χ3v) is 2.70. The van der Waals surface area contributed by atoms with Crippen LogP contribution in [-0.4, -0.2) is 31.5 Å². The molecule has 0 amide bonds. The van der Waals surface area contributed by atoms with Gasteiger partial charge in [0.2, 0.25) is 4.96 Å². The van der Waals surface area contributed by atoms with Gasteiger partial charge in [0.1, 0.15) is 11.3 Å². The monoisotopic (exact) mass is 199 g/mol. The number of fused-ring (bicyclic) bond motifs is 1. The Bertz CT molecular complexity index is 368. The fourth-order valence-corrected chi connectivity index (χ4v) is 1.84. The highest BCUT2D eigenvalue weighted by molar-refractivity contribution is 7.16. The highest BCUT2D eigenvalue weighted by Crippen LogP contribution is 2.19. The van der Waals surface area contributed by atoms with Crippen molar-refractivity contribution in [2.24, 2.45) is 5.73 Å². The number of hydrogen-bond acceptors (Lipinski definition) is 6. The molecule has 7 heteroatoms. The van der Waals surface area contributed by atoms with Gasteiger partial charge in [-0.2, -0.15) is 9.61 Å². The molecule has 2 rings (SSSR count). The van der Waals surface area contributed by atoms with Crippen LogP contribution in [0.15, 0.2) is 6.33 Å². The average molecular weight is 199 g/mol. The molecule has 0 aliphatic rings. The van der Waals surface area contributed by atoms with Crippen molar-refractivity contribution in [1.82, 2.24) is 19.8 Å². The molecule has 0 bridgehead atoms. The smallest absolute Gasteiger partial charge is 0.234 e. The summed E-state index contributed by atoms with van der Waals surface area (Å²) in [4.78, 5) is 0.725. The number of nitrogens with zero attached hydrogens (tertiary/aromatic N) is 4. The van der Waals surface area contributed by atoms with Crippen LogP contribution in [0, 0.1) is 0 Å². The Morgan fingerprint density at radius 2 is 2.54 bits per heavy atom. The van der Waals surface area contributed by atoms with Crippen LogP contribution in [0.1, 0.15) is 17.5 Å². The number of aromatic nitrogens is 4. The van der Waals surface area contributed by atoms with E-state index in [1.165, 1.54) is 17.7 Å². The highest BCUT2D eigenvalue weighted by atomic mass is 32.1. The predicted molar refractivity (Wildman–Crippen MR) is 47.3 cm³/mol. The summed E-state index contributed by atoms with van der Waals surface area (Å²) in [6, 6.07) is -0.211. The molecule has 0 saturated heterocycles. The highest BCUT2D eigenvalue weighted by Gasteiger charge is 2.12. The van der Waals surface area contributed by atoms with E-state index in [2.05, 4.69) is 15.3 Å². The van der Waals surface area contributed by atoms with E-state index in [0.717, 1.165) is 9.97 Å². The van der Waals surface area contributed by atoms with Gasteiger partial charge in [-0.15, -0.1) is 10.2 Å². The molecule has 0 aliphatic heterocycles. The number of aliphatic hydroxyl groups excluding tert-OH is 1. The summed E-state index contributed by atoms with van der Waals surface area (Å²) in [6.07, 6.45) is 2.05. The predicted octanol–water partition coefficient (Wildman–Crippen LogP) is -0.432. The summed E-state index contributed by atoms with van der Waals surface area (Å²) in [7, 11) is 0. The van der Waals surface area contributed by atoms with Crippen molar-refractivity contribution < 1.29 is 5.11 Å². The van der Waals surface area contributed by atoms with Crippen molar-refractivity contribution in [3.63, 3.8) is 0 Å². The first-order valence-corrected chi connectivity index (χ1v) is 4.66. The molecule has 0 aromatic carbocycles. The Kier molecular flexibility index (Phi) is 2.21. The van der Waals surface area contributed by atoms with E-state index < -0.39 is 0 Å². The summed E-state index contributed by atoms with van der Waals surface area (Å²) in [5.74, 6) is 0. The van der Waals surface area contributed by atoms with Gasteiger partial charge in [-0.05, 0) is 6.42 Å². The molecule has 0 saturated carbocycles. The van der Waals surface area contributed by atoms with Gasteiger partial charge in [0.05, 0.1) is 6.04 Å². The van der Waals surface area contributed by atoms with Gasteiger partial charge >= 0.3 is 0 Å². The van der Waals surface area contributed by atoms with Crippen molar-refractivity contribution in [2.75, 3.05) is 6.61 Å². The maximum absolute atomic E-state index is 8.69. The lowest BCUT2D eigenvalue weighted by Gasteiger charge is -2.02. The summed E-state index contributed by atoms with van der Waals surface area (Å²) in [5, 5.41) is 21.1. The molecule has 0 aliphatic carbocycles. The molecule has 13 heavy (non-hydrogen) atoms. The topological polar surface area (TPSA) is 89.3 Å². The van der Waals surface area contributed by atoms with E-state index in [1.54, 1.807) is 4.52 Å². The Hall–Kier alpha value is -1.05. The lowest BCUT2D eigenvalue weighted by atomic mass is 10.2. The van der Waals surface area contributed by atoms with E-state index >= 15 is 0 Å². The van der Waals surface area contributed by atoms with Crippen LogP contribution in [0.3, 0.4) is 0 Å². The Morgan fingerprint density at radius 1 is 1.69 bits per heavy atom. The zero-order valence-electron chi connectivity index (χ0n) is 6.79. The molecule has 0 fully saturated rings. The van der Waals surface area contributed by atoms with Crippen molar-refractivity contribution in [1.29, 1.82) is 0 Å². The van der Waals surface area contributed by atoms with Crippen molar-refractivity contribution >= 4 is 16.3 Å². The largest absolute Gasteiger partial charge is 0.396 e. The third kappa shape index (κ3) is 1.53. The lowest BCUT2D eigenvalue weighted by molar-refractivity contribution is 0.276. The standard InChI is InChI=1S/C6H9N5OS/c7-4(1-2-12)5-10-11-3-8-9-6(11)13-5/h3-4,12H,1-2,7H2. The number of rotatable bonds is 3. The maximum Gasteiger partial charge on any atom is 0.234 e. The molecule has 70 valence electrons. The van der Waals surface area contributed by atoms with Gasteiger partial charge < -0.3 is 10.8 Å². The molecule has 0 spiro atoms. The molecule has 6 nitrogen and oxygen atoms in total. The van der Waals surface area contributed by atoms with Crippen molar-refractivity contribution in [3.8, 4) is 0 Å². The fraction of sp³-hybridized carbons (Fsp3) is 0.500. The lowest BCUT2D eigenvalue weighted by Crippen LogP contribution is -2.11. The Balaban J connectivity index is 2.28. The SMILES string of the molecule is NC(CCO)c1nn2cnnc2s1. The second-order valence-corrected chi connectivity index (χ2v) is 3.60. The zero-order chi connectivity index (χ0) is 9.26. The average Bonchev–Trinajstić information content (AvgIpc) is 2.61. The van der Waals surface area contributed by atoms with Crippen LogP contribution in [0.5, 0.6) is 0 Å². The second kappa shape index (κ2) is 3.36. The molecular formula is C6H9N5OS. The van der Waals surface area contributed by atoms with Crippen LogP contribution in [0.25, 0.3) is 4.96 Å². The minimum absolute atomic E-state index is 0.0707. The Labute approximate surface area is 78.0 Å². The zero-order valence-corrected chi connectivity index (χ0v) is 7.61. The van der Waals surface area contributed by atoms with Gasteiger partial charge in [0.15, 0.2) is 0 Å². The third-order valence-electron chi connectivity index (χ3n) is 1.66. The number of aliphatic hydroxyl groups is 1. The van der Waals surface area contributed by atoms with Gasteiger partial charge in [-0.25, -0.2) is 0 Å². The fourth-order valence-electron chi connectivity index (χ4n) is 0.988. The molecule has 2 aromatic heterocycles. The first-order valence-electron chi connectivity index (χ1n) is 3.84. The minimum atomic E-state index is -0.211. The summed E-state index contributed by atoms with van der Waals surface area (Å²) in [5.41, 5.74) is 5.75. The van der Waals surface area contributed by atoms with Gasteiger partial charge in [-0.3, -0.25) is 0 Å². The number of hydrogen-bond donors (Lipinski definition) is 2. The molecular weight excluding hydrogens is 190 g/mol. The van der Waals surface area contributed by atoms with E-state index in [9.17, 15) is 0 Å². The first-order chi connectivity index (χ1) is 6.31. The van der Waals surface area contributed by atoms with Crippen LogP contribution < -0.4 is 5.73 Å². The normalized spacial score (nSPS) is 13.7. The summed E-state index contributed by atoms with van der Waals surface area (Å²) < 4.78 is 1.58. The van der Waals surface area contributed by atoms with Crippen molar-refractivity contribution in [3.05, 3.63) is 11.3 Å².